The third-order valence-corrected chi connectivity index (χ3v) is 3.45. The van der Waals surface area contributed by atoms with E-state index in [0.717, 1.165) is 37.4 Å². The number of rotatable bonds is 2. The second-order valence-corrected chi connectivity index (χ2v) is 4.77. The standard InChI is InChI=1S/C13H16N4O/c1-17-8-4-11(5-9-17)13-15-12(16-18-13)10-2-6-14-7-3-10/h2-3,6-7,11H,4-5,8-9H2,1H3. The van der Waals surface area contributed by atoms with Crippen molar-refractivity contribution < 1.29 is 4.52 Å². The van der Waals surface area contributed by atoms with E-state index in [-0.39, 0.29) is 0 Å². The molecule has 3 heterocycles. The Balaban J connectivity index is 1.78. The van der Waals surface area contributed by atoms with E-state index in [2.05, 4.69) is 27.1 Å². The van der Waals surface area contributed by atoms with E-state index in [1.54, 1.807) is 12.4 Å². The summed E-state index contributed by atoms with van der Waals surface area (Å²) in [4.78, 5) is 10.8. The second kappa shape index (κ2) is 4.86. The number of piperidine rings is 1. The Kier molecular flexibility index (Phi) is 3.06. The van der Waals surface area contributed by atoms with Crippen molar-refractivity contribution in [3.05, 3.63) is 30.4 Å². The molecule has 0 amide bonds. The molecule has 0 aliphatic carbocycles. The van der Waals surface area contributed by atoms with Crippen molar-refractivity contribution in [1.29, 1.82) is 0 Å². The highest BCUT2D eigenvalue weighted by atomic mass is 16.5. The van der Waals surface area contributed by atoms with Crippen molar-refractivity contribution >= 4 is 0 Å². The van der Waals surface area contributed by atoms with E-state index >= 15 is 0 Å². The molecule has 18 heavy (non-hydrogen) atoms. The summed E-state index contributed by atoms with van der Waals surface area (Å²) < 4.78 is 5.39. The molecule has 5 nitrogen and oxygen atoms in total. The third kappa shape index (κ3) is 2.26. The van der Waals surface area contributed by atoms with Crippen LogP contribution in [0, 0.1) is 0 Å². The molecule has 0 N–H and O–H groups in total. The molecule has 0 radical (unpaired) electrons. The smallest absolute Gasteiger partial charge is 0.230 e. The van der Waals surface area contributed by atoms with Crippen molar-refractivity contribution in [1.82, 2.24) is 20.0 Å². The Morgan fingerprint density at radius 1 is 1.22 bits per heavy atom. The molecule has 5 heteroatoms. The predicted octanol–water partition coefficient (Wildman–Crippen LogP) is 1.94. The number of hydrogen-bond donors (Lipinski definition) is 0. The first kappa shape index (κ1) is 11.3. The topological polar surface area (TPSA) is 55.1 Å². The summed E-state index contributed by atoms with van der Waals surface area (Å²) in [5.41, 5.74) is 0.952. The fourth-order valence-corrected chi connectivity index (χ4v) is 2.27. The number of aromatic nitrogens is 3. The normalized spacial score (nSPS) is 18.1. The molecule has 1 aliphatic heterocycles. The van der Waals surface area contributed by atoms with Crippen LogP contribution in [0.1, 0.15) is 24.7 Å². The summed E-state index contributed by atoms with van der Waals surface area (Å²) in [7, 11) is 2.15. The van der Waals surface area contributed by atoms with Gasteiger partial charge in [-0.1, -0.05) is 5.16 Å². The molecular formula is C13H16N4O. The maximum Gasteiger partial charge on any atom is 0.230 e. The van der Waals surface area contributed by atoms with Crippen LogP contribution in [-0.4, -0.2) is 40.2 Å². The minimum Gasteiger partial charge on any atom is -0.339 e. The molecular weight excluding hydrogens is 228 g/mol. The number of pyridine rings is 1. The molecule has 0 spiro atoms. The summed E-state index contributed by atoms with van der Waals surface area (Å²) in [5, 5.41) is 4.05. The van der Waals surface area contributed by atoms with Gasteiger partial charge in [-0.3, -0.25) is 4.98 Å². The molecule has 0 atom stereocenters. The Hall–Kier alpha value is -1.75. The summed E-state index contributed by atoms with van der Waals surface area (Å²) >= 11 is 0. The van der Waals surface area contributed by atoms with Crippen molar-refractivity contribution in [3.63, 3.8) is 0 Å². The molecule has 1 aliphatic rings. The zero-order valence-corrected chi connectivity index (χ0v) is 10.4. The number of nitrogens with zero attached hydrogens (tertiary/aromatic N) is 4. The average molecular weight is 244 g/mol. The molecule has 2 aromatic heterocycles. The Labute approximate surface area is 106 Å². The maximum atomic E-state index is 5.39. The van der Waals surface area contributed by atoms with E-state index in [0.29, 0.717) is 11.7 Å². The van der Waals surface area contributed by atoms with Gasteiger partial charge in [-0.15, -0.1) is 0 Å². The quantitative estimate of drug-likeness (QED) is 0.808. The van der Waals surface area contributed by atoms with Crippen LogP contribution in [0.5, 0.6) is 0 Å². The van der Waals surface area contributed by atoms with E-state index in [1.807, 2.05) is 12.1 Å². The summed E-state index contributed by atoms with van der Waals surface area (Å²) in [6, 6.07) is 3.78. The zero-order chi connectivity index (χ0) is 12.4. The molecule has 1 saturated heterocycles. The van der Waals surface area contributed by atoms with Gasteiger partial charge < -0.3 is 9.42 Å². The highest BCUT2D eigenvalue weighted by Gasteiger charge is 2.23. The highest BCUT2D eigenvalue weighted by molar-refractivity contribution is 5.52. The fraction of sp³-hybridized carbons (Fsp3) is 0.462. The Bertz CT molecular complexity index is 503. The van der Waals surface area contributed by atoms with Crippen LogP contribution in [0.25, 0.3) is 11.4 Å². The van der Waals surface area contributed by atoms with Crippen molar-refractivity contribution in [3.8, 4) is 11.4 Å². The van der Waals surface area contributed by atoms with Crippen LogP contribution in [0.15, 0.2) is 29.0 Å². The maximum absolute atomic E-state index is 5.39. The molecule has 0 saturated carbocycles. The largest absolute Gasteiger partial charge is 0.339 e. The van der Waals surface area contributed by atoms with E-state index in [1.165, 1.54) is 0 Å². The number of likely N-dealkylation sites (tertiary alicyclic amines) is 1. The average Bonchev–Trinajstić information content (AvgIpc) is 2.90. The second-order valence-electron chi connectivity index (χ2n) is 4.77. The SMILES string of the molecule is CN1CCC(c2nc(-c3ccncc3)no2)CC1. The molecule has 0 unspecified atom stereocenters. The first-order valence-corrected chi connectivity index (χ1v) is 6.25. The highest BCUT2D eigenvalue weighted by Crippen LogP contribution is 2.27. The molecule has 3 rings (SSSR count). The van der Waals surface area contributed by atoms with Gasteiger partial charge in [0.15, 0.2) is 0 Å². The van der Waals surface area contributed by atoms with Crippen molar-refractivity contribution in [2.45, 2.75) is 18.8 Å². The van der Waals surface area contributed by atoms with Gasteiger partial charge in [0.2, 0.25) is 11.7 Å². The van der Waals surface area contributed by atoms with Crippen LogP contribution in [0.4, 0.5) is 0 Å². The lowest BCUT2D eigenvalue weighted by Gasteiger charge is -2.26. The lowest BCUT2D eigenvalue weighted by atomic mass is 9.97. The minimum absolute atomic E-state index is 0.407. The van der Waals surface area contributed by atoms with Crippen molar-refractivity contribution in [2.75, 3.05) is 20.1 Å². The summed E-state index contributed by atoms with van der Waals surface area (Å²) in [6.45, 7) is 2.19. The predicted molar refractivity (Wildman–Crippen MR) is 67.0 cm³/mol. The van der Waals surface area contributed by atoms with Gasteiger partial charge in [0.25, 0.3) is 0 Å². The van der Waals surface area contributed by atoms with Crippen LogP contribution >= 0.6 is 0 Å². The lowest BCUT2D eigenvalue weighted by molar-refractivity contribution is 0.227. The fourth-order valence-electron chi connectivity index (χ4n) is 2.27. The molecule has 0 bridgehead atoms. The van der Waals surface area contributed by atoms with Gasteiger partial charge in [0.05, 0.1) is 0 Å². The number of hydrogen-bond acceptors (Lipinski definition) is 5. The first-order chi connectivity index (χ1) is 8.83. The lowest BCUT2D eigenvalue weighted by Crippen LogP contribution is -2.29. The van der Waals surface area contributed by atoms with Gasteiger partial charge in [0, 0.05) is 23.9 Å². The van der Waals surface area contributed by atoms with Crippen LogP contribution in [0.2, 0.25) is 0 Å². The van der Waals surface area contributed by atoms with Gasteiger partial charge in [-0.25, -0.2) is 0 Å². The van der Waals surface area contributed by atoms with Crippen LogP contribution in [-0.2, 0) is 0 Å². The Morgan fingerprint density at radius 2 is 1.94 bits per heavy atom. The van der Waals surface area contributed by atoms with Crippen LogP contribution < -0.4 is 0 Å². The van der Waals surface area contributed by atoms with E-state index in [4.69, 9.17) is 4.52 Å². The molecule has 2 aromatic rings. The summed E-state index contributed by atoms with van der Waals surface area (Å²) in [6.07, 6.45) is 5.66. The van der Waals surface area contributed by atoms with Gasteiger partial charge in [-0.2, -0.15) is 4.98 Å². The van der Waals surface area contributed by atoms with E-state index < -0.39 is 0 Å². The van der Waals surface area contributed by atoms with Gasteiger partial charge in [-0.05, 0) is 45.1 Å². The monoisotopic (exact) mass is 244 g/mol. The van der Waals surface area contributed by atoms with E-state index in [9.17, 15) is 0 Å². The minimum atomic E-state index is 0.407. The third-order valence-electron chi connectivity index (χ3n) is 3.45. The zero-order valence-electron chi connectivity index (χ0n) is 10.4. The molecule has 1 fully saturated rings. The van der Waals surface area contributed by atoms with Crippen LogP contribution in [0.3, 0.4) is 0 Å². The molecule has 0 aromatic carbocycles. The first-order valence-electron chi connectivity index (χ1n) is 6.25. The van der Waals surface area contributed by atoms with Gasteiger partial charge >= 0.3 is 0 Å². The van der Waals surface area contributed by atoms with Gasteiger partial charge in [0.1, 0.15) is 0 Å². The summed E-state index contributed by atoms with van der Waals surface area (Å²) in [5.74, 6) is 1.84. The van der Waals surface area contributed by atoms with Crippen molar-refractivity contribution in [2.24, 2.45) is 0 Å². The Morgan fingerprint density at radius 3 is 2.67 bits per heavy atom. The molecule has 94 valence electrons.